The fraction of sp³-hybridized carbons (Fsp3) is 0.467. The molecule has 2 aliphatic rings. The number of likely N-dealkylation sites (tertiary alicyclic amines) is 1. The van der Waals surface area contributed by atoms with Gasteiger partial charge in [-0.2, -0.15) is 0 Å². The molecule has 5 rings (SSSR count). The third-order valence-electron chi connectivity index (χ3n) is 8.46. The van der Waals surface area contributed by atoms with Crippen LogP contribution in [0.25, 0.3) is 11.0 Å². The van der Waals surface area contributed by atoms with Crippen LogP contribution in [0.3, 0.4) is 0 Å². The van der Waals surface area contributed by atoms with Gasteiger partial charge < -0.3 is 19.2 Å². The molecule has 2 heterocycles. The summed E-state index contributed by atoms with van der Waals surface area (Å²) in [6, 6.07) is 9.03. The Morgan fingerprint density at radius 2 is 1.87 bits per heavy atom. The molecule has 1 aliphatic carbocycles. The number of hydrogen-bond acceptors (Lipinski definition) is 5. The molecule has 1 saturated heterocycles. The molecular formula is C30H33Cl2NO5. The van der Waals surface area contributed by atoms with Gasteiger partial charge in [-0.3, -0.25) is 4.79 Å². The number of fused-ring (bicyclic) bond motifs is 2. The average molecular weight is 559 g/mol. The number of ether oxygens (including phenoxy) is 1. The van der Waals surface area contributed by atoms with Crippen molar-refractivity contribution in [3.63, 3.8) is 0 Å². The Morgan fingerprint density at radius 1 is 1.11 bits per heavy atom. The van der Waals surface area contributed by atoms with Crippen molar-refractivity contribution in [2.75, 3.05) is 13.1 Å². The number of rotatable bonds is 6. The van der Waals surface area contributed by atoms with E-state index in [4.69, 9.17) is 32.4 Å². The first kappa shape index (κ1) is 27.0. The van der Waals surface area contributed by atoms with E-state index in [-0.39, 0.29) is 24.9 Å². The lowest BCUT2D eigenvalue weighted by Gasteiger charge is -2.47. The minimum atomic E-state index is -0.620. The van der Waals surface area contributed by atoms with Crippen LogP contribution in [0.4, 0.5) is 0 Å². The molecule has 2 fully saturated rings. The highest BCUT2D eigenvalue weighted by molar-refractivity contribution is 6.35. The Labute approximate surface area is 232 Å². The molecule has 38 heavy (non-hydrogen) atoms. The lowest BCUT2D eigenvalue weighted by Crippen LogP contribution is -2.54. The summed E-state index contributed by atoms with van der Waals surface area (Å²) in [4.78, 5) is 27.9. The predicted octanol–water partition coefficient (Wildman–Crippen LogP) is 6.38. The van der Waals surface area contributed by atoms with E-state index in [0.717, 1.165) is 36.6 Å². The molecule has 1 saturated carbocycles. The molecule has 0 bridgehead atoms. The summed E-state index contributed by atoms with van der Waals surface area (Å²) in [5, 5.41) is 12.8. The molecule has 0 radical (unpaired) electrons. The molecule has 1 aliphatic heterocycles. The summed E-state index contributed by atoms with van der Waals surface area (Å²) < 4.78 is 11.8. The van der Waals surface area contributed by atoms with Crippen molar-refractivity contribution < 1.29 is 19.1 Å². The first-order valence-corrected chi connectivity index (χ1v) is 14.1. The number of carbonyl (C=O) groups is 1. The highest BCUT2D eigenvalue weighted by atomic mass is 35.5. The molecule has 6 nitrogen and oxygen atoms in total. The lowest BCUT2D eigenvalue weighted by atomic mass is 9.71. The Hall–Kier alpha value is -2.54. The van der Waals surface area contributed by atoms with E-state index >= 15 is 0 Å². The summed E-state index contributed by atoms with van der Waals surface area (Å²) in [6.45, 7) is 5.09. The van der Waals surface area contributed by atoms with Crippen LogP contribution in [0, 0.1) is 19.8 Å². The largest absolute Gasteiger partial charge is 0.488 e. The monoisotopic (exact) mass is 557 g/mol. The Bertz CT molecular complexity index is 1410. The van der Waals surface area contributed by atoms with Gasteiger partial charge in [-0.25, -0.2) is 4.79 Å². The molecule has 0 unspecified atom stereocenters. The Balaban J connectivity index is 1.30. The number of hydrogen-bond donors (Lipinski definition) is 1. The summed E-state index contributed by atoms with van der Waals surface area (Å²) in [7, 11) is 0. The van der Waals surface area contributed by atoms with Crippen molar-refractivity contribution in [3.8, 4) is 5.75 Å². The molecule has 2 aromatic carbocycles. The predicted molar refractivity (Wildman–Crippen MR) is 149 cm³/mol. The maximum absolute atomic E-state index is 13.0. The minimum Gasteiger partial charge on any atom is -0.488 e. The van der Waals surface area contributed by atoms with E-state index in [1.807, 2.05) is 30.9 Å². The fourth-order valence-corrected chi connectivity index (χ4v) is 6.53. The van der Waals surface area contributed by atoms with Gasteiger partial charge >= 0.3 is 5.63 Å². The van der Waals surface area contributed by atoms with Crippen LogP contribution >= 0.6 is 23.2 Å². The van der Waals surface area contributed by atoms with Gasteiger partial charge in [-0.05, 0) is 69.4 Å². The van der Waals surface area contributed by atoms with Crippen molar-refractivity contribution >= 4 is 40.1 Å². The first-order chi connectivity index (χ1) is 18.2. The van der Waals surface area contributed by atoms with Gasteiger partial charge in [0.05, 0.1) is 5.60 Å². The molecule has 1 aromatic heterocycles. The quantitative estimate of drug-likeness (QED) is 0.355. The van der Waals surface area contributed by atoms with E-state index < -0.39 is 11.2 Å². The number of piperidine rings is 1. The second kappa shape index (κ2) is 10.9. The molecular weight excluding hydrogens is 525 g/mol. The van der Waals surface area contributed by atoms with Crippen LogP contribution < -0.4 is 10.4 Å². The van der Waals surface area contributed by atoms with E-state index in [2.05, 4.69) is 0 Å². The number of aryl methyl sites for hydroxylation is 2. The highest BCUT2D eigenvalue weighted by Gasteiger charge is 2.43. The zero-order chi connectivity index (χ0) is 27.0. The van der Waals surface area contributed by atoms with E-state index in [0.29, 0.717) is 64.0 Å². The Morgan fingerprint density at radius 3 is 2.63 bits per heavy atom. The molecule has 8 heteroatoms. The number of halogens is 2. The molecule has 3 aromatic rings. The van der Waals surface area contributed by atoms with E-state index in [9.17, 15) is 14.7 Å². The molecule has 2 atom stereocenters. The minimum absolute atomic E-state index is 0.0229. The third-order valence-corrected chi connectivity index (χ3v) is 9.17. The number of benzene rings is 2. The van der Waals surface area contributed by atoms with Crippen LogP contribution in [-0.2, 0) is 17.8 Å². The zero-order valence-corrected chi connectivity index (χ0v) is 23.3. The van der Waals surface area contributed by atoms with Gasteiger partial charge in [-0.15, -0.1) is 0 Å². The van der Waals surface area contributed by atoms with Gasteiger partial charge in [-0.1, -0.05) is 42.1 Å². The summed E-state index contributed by atoms with van der Waals surface area (Å²) in [5.41, 5.74) is 2.15. The van der Waals surface area contributed by atoms with Gasteiger partial charge in [0.15, 0.2) is 0 Å². The maximum Gasteiger partial charge on any atom is 0.339 e. The number of carbonyl (C=O) groups excluding carboxylic acids is 1. The van der Waals surface area contributed by atoms with Crippen molar-refractivity contribution in [1.29, 1.82) is 0 Å². The van der Waals surface area contributed by atoms with Crippen LogP contribution in [-0.4, -0.2) is 34.6 Å². The lowest BCUT2D eigenvalue weighted by molar-refractivity contribution is -0.143. The van der Waals surface area contributed by atoms with Crippen molar-refractivity contribution in [1.82, 2.24) is 4.90 Å². The molecule has 1 N–H and O–H groups in total. The van der Waals surface area contributed by atoms with Gasteiger partial charge in [0.25, 0.3) is 0 Å². The average Bonchev–Trinajstić information content (AvgIpc) is 2.89. The van der Waals surface area contributed by atoms with Gasteiger partial charge in [0, 0.05) is 57.6 Å². The third kappa shape index (κ3) is 5.18. The normalized spacial score (nSPS) is 21.4. The van der Waals surface area contributed by atoms with Crippen molar-refractivity contribution in [2.45, 2.75) is 71.0 Å². The maximum atomic E-state index is 13.0. The highest BCUT2D eigenvalue weighted by Crippen LogP contribution is 2.40. The smallest absolute Gasteiger partial charge is 0.339 e. The SMILES string of the molecule is Cc1c(CCC(=O)N2CC[C@]3(O)CCCC[C@@H]3C2)c(=O)oc2c(C)c(OCc3c(Cl)cccc3Cl)ccc12. The van der Waals surface area contributed by atoms with Crippen molar-refractivity contribution in [2.24, 2.45) is 5.92 Å². The molecule has 1 amide bonds. The van der Waals surface area contributed by atoms with E-state index in [1.54, 1.807) is 18.2 Å². The second-order valence-corrected chi connectivity index (χ2v) is 11.5. The number of amides is 1. The van der Waals surface area contributed by atoms with Gasteiger partial charge in [0.1, 0.15) is 17.9 Å². The summed E-state index contributed by atoms with van der Waals surface area (Å²) >= 11 is 12.5. The van der Waals surface area contributed by atoms with Crippen LogP contribution in [0.1, 0.15) is 60.8 Å². The Kier molecular flexibility index (Phi) is 7.77. The zero-order valence-electron chi connectivity index (χ0n) is 21.8. The fourth-order valence-electron chi connectivity index (χ4n) is 6.02. The van der Waals surface area contributed by atoms with Crippen LogP contribution in [0.5, 0.6) is 5.75 Å². The topological polar surface area (TPSA) is 80.0 Å². The van der Waals surface area contributed by atoms with E-state index in [1.165, 1.54) is 0 Å². The summed E-state index contributed by atoms with van der Waals surface area (Å²) in [5.74, 6) is 0.746. The van der Waals surface area contributed by atoms with Crippen LogP contribution in [0.2, 0.25) is 10.0 Å². The number of aliphatic hydroxyl groups is 1. The molecule has 0 spiro atoms. The van der Waals surface area contributed by atoms with Crippen LogP contribution in [0.15, 0.2) is 39.5 Å². The number of nitrogens with zero attached hydrogens (tertiary/aromatic N) is 1. The van der Waals surface area contributed by atoms with Crippen molar-refractivity contribution in [3.05, 3.63) is 73.1 Å². The van der Waals surface area contributed by atoms with Gasteiger partial charge in [0.2, 0.25) is 5.91 Å². The first-order valence-electron chi connectivity index (χ1n) is 13.3. The second-order valence-electron chi connectivity index (χ2n) is 10.7. The molecule has 202 valence electrons. The summed E-state index contributed by atoms with van der Waals surface area (Å²) in [6.07, 6.45) is 5.14. The standard InChI is InChI=1S/C30H33Cl2NO5/c1-18-21-9-11-26(37-17-23-24(31)7-5-8-25(23)32)19(2)28(21)38-29(35)22(18)10-12-27(34)33-15-14-30(36)13-4-3-6-20(30)16-33/h5,7-9,11,20,36H,3-4,6,10,12-17H2,1-2H3/t20-,30-/m1/s1.